The maximum Gasteiger partial charge on any atom is 0.308 e. The summed E-state index contributed by atoms with van der Waals surface area (Å²) < 4.78 is 25.4. The standard InChI is InChI=1S/C9H12F2/c1-8-5-3-2-4-6-9(10,11)7-8/h8H,2-3,5,7H2,1H3. The molecule has 0 saturated carbocycles. The van der Waals surface area contributed by atoms with Crippen molar-refractivity contribution in [2.24, 2.45) is 5.92 Å². The molecular formula is C9H12F2. The molecule has 0 saturated heterocycles. The molecule has 0 aromatic rings. The first kappa shape index (κ1) is 8.52. The zero-order valence-corrected chi connectivity index (χ0v) is 6.66. The van der Waals surface area contributed by atoms with Crippen LogP contribution < -0.4 is 0 Å². The first-order valence-electron chi connectivity index (χ1n) is 3.98. The molecule has 1 atom stereocenters. The summed E-state index contributed by atoms with van der Waals surface area (Å²) in [5.74, 6) is 1.88. The highest BCUT2D eigenvalue weighted by Crippen LogP contribution is 2.26. The molecule has 0 nitrogen and oxygen atoms in total. The number of hydrogen-bond acceptors (Lipinski definition) is 0. The Morgan fingerprint density at radius 1 is 1.45 bits per heavy atom. The SMILES string of the molecule is CC1CCCC#CC(F)(F)C1. The fourth-order valence-electron chi connectivity index (χ4n) is 1.32. The summed E-state index contributed by atoms with van der Waals surface area (Å²) in [5, 5.41) is 0. The molecule has 0 spiro atoms. The second-order valence-corrected chi connectivity index (χ2v) is 3.21. The maximum absolute atomic E-state index is 12.7. The molecule has 0 bridgehead atoms. The van der Waals surface area contributed by atoms with Crippen LogP contribution in [0.4, 0.5) is 8.78 Å². The van der Waals surface area contributed by atoms with Crippen LogP contribution in [0.1, 0.15) is 32.6 Å². The van der Waals surface area contributed by atoms with Crippen LogP contribution in [0.3, 0.4) is 0 Å². The van der Waals surface area contributed by atoms with Crippen molar-refractivity contribution in [1.82, 2.24) is 0 Å². The van der Waals surface area contributed by atoms with Crippen molar-refractivity contribution in [2.45, 2.75) is 38.5 Å². The Morgan fingerprint density at radius 2 is 2.18 bits per heavy atom. The van der Waals surface area contributed by atoms with Crippen LogP contribution in [-0.2, 0) is 0 Å². The lowest BCUT2D eigenvalue weighted by Gasteiger charge is -2.16. The van der Waals surface area contributed by atoms with Crippen molar-refractivity contribution in [1.29, 1.82) is 0 Å². The van der Waals surface area contributed by atoms with E-state index in [2.05, 4.69) is 5.92 Å². The smallest absolute Gasteiger partial charge is 0.192 e. The van der Waals surface area contributed by atoms with Crippen LogP contribution in [0, 0.1) is 17.8 Å². The Kier molecular flexibility index (Phi) is 2.49. The monoisotopic (exact) mass is 158 g/mol. The largest absolute Gasteiger partial charge is 0.308 e. The van der Waals surface area contributed by atoms with E-state index < -0.39 is 5.92 Å². The van der Waals surface area contributed by atoms with Crippen LogP contribution >= 0.6 is 0 Å². The van der Waals surface area contributed by atoms with Gasteiger partial charge in [-0.2, -0.15) is 8.78 Å². The zero-order chi connectivity index (χ0) is 8.32. The summed E-state index contributed by atoms with van der Waals surface area (Å²) >= 11 is 0. The van der Waals surface area contributed by atoms with Crippen molar-refractivity contribution < 1.29 is 8.78 Å². The average molecular weight is 158 g/mol. The number of halogens is 2. The van der Waals surface area contributed by atoms with Crippen LogP contribution in [-0.4, -0.2) is 5.92 Å². The molecule has 0 aromatic carbocycles. The normalized spacial score (nSPS) is 29.5. The van der Waals surface area contributed by atoms with E-state index in [0.717, 1.165) is 12.8 Å². The van der Waals surface area contributed by atoms with Crippen LogP contribution in [0.5, 0.6) is 0 Å². The molecule has 0 heterocycles. The Morgan fingerprint density at radius 3 is 2.91 bits per heavy atom. The van der Waals surface area contributed by atoms with Crippen molar-refractivity contribution >= 4 is 0 Å². The van der Waals surface area contributed by atoms with E-state index >= 15 is 0 Å². The zero-order valence-electron chi connectivity index (χ0n) is 6.66. The predicted octanol–water partition coefficient (Wildman–Crippen LogP) is 2.84. The Labute approximate surface area is 66.0 Å². The van der Waals surface area contributed by atoms with Crippen molar-refractivity contribution in [2.75, 3.05) is 0 Å². The van der Waals surface area contributed by atoms with Crippen LogP contribution in [0.2, 0.25) is 0 Å². The first-order valence-corrected chi connectivity index (χ1v) is 3.98. The van der Waals surface area contributed by atoms with E-state index in [1.165, 1.54) is 0 Å². The quantitative estimate of drug-likeness (QED) is 0.475. The van der Waals surface area contributed by atoms with Crippen molar-refractivity contribution in [3.05, 3.63) is 0 Å². The van der Waals surface area contributed by atoms with Gasteiger partial charge in [0.25, 0.3) is 0 Å². The third-order valence-corrected chi connectivity index (χ3v) is 1.87. The molecule has 1 unspecified atom stereocenters. The molecule has 1 aliphatic carbocycles. The fourth-order valence-corrected chi connectivity index (χ4v) is 1.32. The molecule has 1 aliphatic rings. The van der Waals surface area contributed by atoms with Gasteiger partial charge in [-0.3, -0.25) is 0 Å². The minimum absolute atomic E-state index is 0.0694. The van der Waals surface area contributed by atoms with E-state index in [0.29, 0.717) is 6.42 Å². The molecule has 0 amide bonds. The van der Waals surface area contributed by atoms with Gasteiger partial charge in [0.1, 0.15) is 0 Å². The lowest BCUT2D eigenvalue weighted by Crippen LogP contribution is -2.18. The predicted molar refractivity (Wildman–Crippen MR) is 40.4 cm³/mol. The highest BCUT2D eigenvalue weighted by molar-refractivity contribution is 5.10. The van der Waals surface area contributed by atoms with Gasteiger partial charge in [-0.25, -0.2) is 0 Å². The lowest BCUT2D eigenvalue weighted by molar-refractivity contribution is 0.0381. The fraction of sp³-hybridized carbons (Fsp3) is 0.778. The maximum atomic E-state index is 12.7. The molecule has 0 radical (unpaired) electrons. The van der Waals surface area contributed by atoms with E-state index in [1.54, 1.807) is 0 Å². The minimum atomic E-state index is -2.74. The first-order chi connectivity index (χ1) is 5.10. The third kappa shape index (κ3) is 2.88. The molecule has 0 aliphatic heterocycles. The summed E-state index contributed by atoms with van der Waals surface area (Å²) in [5.41, 5.74) is 0. The van der Waals surface area contributed by atoms with Gasteiger partial charge in [0.15, 0.2) is 0 Å². The topological polar surface area (TPSA) is 0 Å². The highest BCUT2D eigenvalue weighted by Gasteiger charge is 2.28. The third-order valence-electron chi connectivity index (χ3n) is 1.87. The summed E-state index contributed by atoms with van der Waals surface area (Å²) in [7, 11) is 0. The molecular weight excluding hydrogens is 146 g/mol. The summed E-state index contributed by atoms with van der Waals surface area (Å²) in [4.78, 5) is 0. The lowest BCUT2D eigenvalue weighted by atomic mass is 9.95. The van der Waals surface area contributed by atoms with Gasteiger partial charge < -0.3 is 0 Å². The highest BCUT2D eigenvalue weighted by atomic mass is 19.3. The molecule has 0 fully saturated rings. The van der Waals surface area contributed by atoms with Gasteiger partial charge in [0.05, 0.1) is 0 Å². The minimum Gasteiger partial charge on any atom is -0.192 e. The van der Waals surface area contributed by atoms with E-state index in [-0.39, 0.29) is 12.3 Å². The molecule has 11 heavy (non-hydrogen) atoms. The van der Waals surface area contributed by atoms with Crippen LogP contribution in [0.25, 0.3) is 0 Å². The van der Waals surface area contributed by atoms with Gasteiger partial charge in [0, 0.05) is 12.8 Å². The van der Waals surface area contributed by atoms with Gasteiger partial charge in [0.2, 0.25) is 0 Å². The molecule has 2 heteroatoms. The number of rotatable bonds is 0. The second kappa shape index (κ2) is 3.21. The molecule has 0 aromatic heterocycles. The Hall–Kier alpha value is -0.580. The number of alkyl halides is 2. The van der Waals surface area contributed by atoms with Gasteiger partial charge in [-0.05, 0) is 24.7 Å². The van der Waals surface area contributed by atoms with E-state index in [9.17, 15) is 8.78 Å². The van der Waals surface area contributed by atoms with Gasteiger partial charge >= 0.3 is 5.92 Å². The van der Waals surface area contributed by atoms with Crippen molar-refractivity contribution in [3.63, 3.8) is 0 Å². The Bertz CT molecular complexity index is 185. The summed E-state index contributed by atoms with van der Waals surface area (Å²) in [6.07, 6.45) is 2.40. The summed E-state index contributed by atoms with van der Waals surface area (Å²) in [6.45, 7) is 1.86. The summed E-state index contributed by atoms with van der Waals surface area (Å²) in [6, 6.07) is 0. The van der Waals surface area contributed by atoms with Gasteiger partial charge in [-0.15, -0.1) is 0 Å². The van der Waals surface area contributed by atoms with E-state index in [4.69, 9.17) is 0 Å². The van der Waals surface area contributed by atoms with Gasteiger partial charge in [-0.1, -0.05) is 12.8 Å². The molecule has 0 N–H and O–H groups in total. The average Bonchev–Trinajstić information content (AvgIpc) is 1.82. The number of hydrogen-bond donors (Lipinski definition) is 0. The van der Waals surface area contributed by atoms with Crippen molar-refractivity contribution in [3.8, 4) is 11.8 Å². The Balaban J connectivity index is 2.64. The van der Waals surface area contributed by atoms with Crippen LogP contribution in [0.15, 0.2) is 0 Å². The second-order valence-electron chi connectivity index (χ2n) is 3.21. The molecule has 1 rings (SSSR count). The molecule has 62 valence electrons. The van der Waals surface area contributed by atoms with E-state index in [1.807, 2.05) is 12.8 Å².